The third kappa shape index (κ3) is 1.20. The summed E-state index contributed by atoms with van der Waals surface area (Å²) < 4.78 is 0. The molecule has 1 saturated heterocycles. The summed E-state index contributed by atoms with van der Waals surface area (Å²) in [5.74, 6) is 0.398. The maximum absolute atomic E-state index is 8.90. The molecule has 0 bridgehead atoms. The molecule has 1 radical (unpaired) electrons. The molecule has 1 heterocycles. The fourth-order valence-electron chi connectivity index (χ4n) is 1.01. The highest BCUT2D eigenvalue weighted by Gasteiger charge is 2.18. The SMILES string of the molecule is [CH2]C(O)C1CCNC1. The van der Waals surface area contributed by atoms with E-state index in [0.29, 0.717) is 5.92 Å². The topological polar surface area (TPSA) is 32.3 Å². The fraction of sp³-hybridized carbons (Fsp3) is 0.833. The van der Waals surface area contributed by atoms with Crippen molar-refractivity contribution < 1.29 is 5.11 Å². The molecule has 0 aromatic rings. The van der Waals surface area contributed by atoms with Gasteiger partial charge in [-0.25, -0.2) is 0 Å². The summed E-state index contributed by atoms with van der Waals surface area (Å²) in [4.78, 5) is 0. The van der Waals surface area contributed by atoms with E-state index < -0.39 is 0 Å². The van der Waals surface area contributed by atoms with Crippen molar-refractivity contribution in [3.05, 3.63) is 6.92 Å². The Morgan fingerprint density at radius 3 is 2.75 bits per heavy atom. The Morgan fingerprint density at radius 1 is 1.75 bits per heavy atom. The first-order valence-corrected chi connectivity index (χ1v) is 3.02. The molecule has 0 aromatic heterocycles. The molecule has 2 heteroatoms. The number of hydrogen-bond acceptors (Lipinski definition) is 2. The zero-order valence-corrected chi connectivity index (χ0v) is 4.93. The van der Waals surface area contributed by atoms with Crippen LogP contribution >= 0.6 is 0 Å². The van der Waals surface area contributed by atoms with Crippen molar-refractivity contribution in [1.29, 1.82) is 0 Å². The van der Waals surface area contributed by atoms with Crippen molar-refractivity contribution in [3.8, 4) is 0 Å². The first kappa shape index (κ1) is 6.05. The van der Waals surface area contributed by atoms with Crippen LogP contribution in [0, 0.1) is 12.8 Å². The molecule has 1 fully saturated rings. The largest absolute Gasteiger partial charge is 0.393 e. The number of nitrogens with one attached hydrogen (secondary N) is 1. The Labute approximate surface area is 49.9 Å². The summed E-state index contributed by atoms with van der Waals surface area (Å²) in [5.41, 5.74) is 0. The molecule has 2 unspecified atom stereocenters. The molecule has 0 saturated carbocycles. The van der Waals surface area contributed by atoms with Gasteiger partial charge in [-0.2, -0.15) is 0 Å². The van der Waals surface area contributed by atoms with Crippen molar-refractivity contribution in [2.45, 2.75) is 12.5 Å². The zero-order chi connectivity index (χ0) is 5.98. The first-order chi connectivity index (χ1) is 3.80. The van der Waals surface area contributed by atoms with E-state index in [9.17, 15) is 0 Å². The minimum Gasteiger partial charge on any atom is -0.393 e. The lowest BCUT2D eigenvalue weighted by Gasteiger charge is -2.09. The summed E-state index contributed by atoms with van der Waals surface area (Å²) in [6.07, 6.45) is 0.704. The van der Waals surface area contributed by atoms with Gasteiger partial charge < -0.3 is 10.4 Å². The highest BCUT2D eigenvalue weighted by Crippen LogP contribution is 2.10. The van der Waals surface area contributed by atoms with Crippen molar-refractivity contribution in [2.24, 2.45) is 5.92 Å². The van der Waals surface area contributed by atoms with Crippen LogP contribution in [0.15, 0.2) is 0 Å². The van der Waals surface area contributed by atoms with Gasteiger partial charge in [-0.1, -0.05) is 0 Å². The Bertz CT molecular complexity index is 66.9. The first-order valence-electron chi connectivity index (χ1n) is 3.02. The van der Waals surface area contributed by atoms with Crippen LogP contribution in [0.5, 0.6) is 0 Å². The lowest BCUT2D eigenvalue weighted by Crippen LogP contribution is -2.19. The molecule has 0 aliphatic carbocycles. The molecule has 0 spiro atoms. The molecule has 2 atom stereocenters. The lowest BCUT2D eigenvalue weighted by molar-refractivity contribution is 0.160. The van der Waals surface area contributed by atoms with E-state index in [2.05, 4.69) is 12.2 Å². The summed E-state index contributed by atoms with van der Waals surface area (Å²) in [6, 6.07) is 0. The predicted molar refractivity (Wildman–Crippen MR) is 32.3 cm³/mol. The van der Waals surface area contributed by atoms with E-state index in [-0.39, 0.29) is 6.10 Å². The van der Waals surface area contributed by atoms with Crippen LogP contribution in [0.2, 0.25) is 0 Å². The van der Waals surface area contributed by atoms with E-state index in [1.807, 2.05) is 0 Å². The summed E-state index contributed by atoms with van der Waals surface area (Å²) in [6.45, 7) is 5.51. The van der Waals surface area contributed by atoms with Crippen molar-refractivity contribution in [2.75, 3.05) is 13.1 Å². The Hall–Kier alpha value is -0.0800. The lowest BCUT2D eigenvalue weighted by atomic mass is 10.0. The molecular formula is C6H12NO. The summed E-state index contributed by atoms with van der Waals surface area (Å²) in [5, 5.41) is 12.1. The summed E-state index contributed by atoms with van der Waals surface area (Å²) in [7, 11) is 0. The second-order valence-electron chi connectivity index (χ2n) is 2.32. The third-order valence-electron chi connectivity index (χ3n) is 1.64. The molecule has 8 heavy (non-hydrogen) atoms. The maximum Gasteiger partial charge on any atom is 0.0582 e. The number of aliphatic hydroxyl groups is 1. The maximum atomic E-state index is 8.90. The minimum atomic E-state index is -0.370. The number of aliphatic hydroxyl groups excluding tert-OH is 1. The highest BCUT2D eigenvalue weighted by atomic mass is 16.3. The van der Waals surface area contributed by atoms with Crippen LogP contribution in [-0.4, -0.2) is 24.3 Å². The molecule has 0 amide bonds. The average molecular weight is 114 g/mol. The van der Waals surface area contributed by atoms with Crippen molar-refractivity contribution >= 4 is 0 Å². The fourth-order valence-corrected chi connectivity index (χ4v) is 1.01. The van der Waals surface area contributed by atoms with Gasteiger partial charge in [0.1, 0.15) is 0 Å². The van der Waals surface area contributed by atoms with E-state index >= 15 is 0 Å². The monoisotopic (exact) mass is 114 g/mol. The standard InChI is InChI=1S/C6H12NO/c1-5(8)6-2-3-7-4-6/h5-8H,1-4H2. The van der Waals surface area contributed by atoms with Crippen LogP contribution < -0.4 is 5.32 Å². The normalized spacial score (nSPS) is 33.0. The molecule has 1 aliphatic heterocycles. The van der Waals surface area contributed by atoms with E-state index in [1.165, 1.54) is 0 Å². The van der Waals surface area contributed by atoms with Gasteiger partial charge in [-0.15, -0.1) is 0 Å². The van der Waals surface area contributed by atoms with Crippen LogP contribution in [0.1, 0.15) is 6.42 Å². The Balaban J connectivity index is 2.24. The average Bonchev–Trinajstić information content (AvgIpc) is 2.12. The van der Waals surface area contributed by atoms with Gasteiger partial charge in [0.05, 0.1) is 6.10 Å². The van der Waals surface area contributed by atoms with Crippen molar-refractivity contribution in [3.63, 3.8) is 0 Å². The Morgan fingerprint density at radius 2 is 2.50 bits per heavy atom. The molecule has 1 aliphatic rings. The van der Waals surface area contributed by atoms with Gasteiger partial charge >= 0.3 is 0 Å². The smallest absolute Gasteiger partial charge is 0.0582 e. The molecule has 47 valence electrons. The quantitative estimate of drug-likeness (QED) is 0.494. The van der Waals surface area contributed by atoms with E-state index in [4.69, 9.17) is 5.11 Å². The zero-order valence-electron chi connectivity index (χ0n) is 4.93. The van der Waals surface area contributed by atoms with Crippen LogP contribution in [0.25, 0.3) is 0 Å². The molecule has 1 rings (SSSR count). The number of hydrogen-bond donors (Lipinski definition) is 2. The van der Waals surface area contributed by atoms with E-state index in [1.54, 1.807) is 0 Å². The number of rotatable bonds is 1. The van der Waals surface area contributed by atoms with Gasteiger partial charge in [-0.3, -0.25) is 0 Å². The Kier molecular flexibility index (Phi) is 1.86. The molecule has 2 N–H and O–H groups in total. The summed E-state index contributed by atoms with van der Waals surface area (Å²) >= 11 is 0. The van der Waals surface area contributed by atoms with E-state index in [0.717, 1.165) is 19.5 Å². The highest BCUT2D eigenvalue weighted by molar-refractivity contribution is 4.78. The third-order valence-corrected chi connectivity index (χ3v) is 1.64. The second kappa shape index (κ2) is 2.46. The predicted octanol–water partition coefficient (Wildman–Crippen LogP) is -0.209. The van der Waals surface area contributed by atoms with Crippen molar-refractivity contribution in [1.82, 2.24) is 5.32 Å². The van der Waals surface area contributed by atoms with Gasteiger partial charge in [0.2, 0.25) is 0 Å². The van der Waals surface area contributed by atoms with Crippen LogP contribution in [0.3, 0.4) is 0 Å². The molecule has 0 aromatic carbocycles. The minimum absolute atomic E-state index is 0.370. The second-order valence-corrected chi connectivity index (χ2v) is 2.32. The van der Waals surface area contributed by atoms with Crippen LogP contribution in [0.4, 0.5) is 0 Å². The van der Waals surface area contributed by atoms with Gasteiger partial charge in [0.25, 0.3) is 0 Å². The molecule has 2 nitrogen and oxygen atoms in total. The van der Waals surface area contributed by atoms with Gasteiger partial charge in [0.15, 0.2) is 0 Å². The van der Waals surface area contributed by atoms with Crippen LogP contribution in [-0.2, 0) is 0 Å². The van der Waals surface area contributed by atoms with Gasteiger partial charge in [0, 0.05) is 6.54 Å². The van der Waals surface area contributed by atoms with Gasteiger partial charge in [-0.05, 0) is 25.8 Å². The molecular weight excluding hydrogens is 102 g/mol.